The molecule has 2 atom stereocenters. The predicted molar refractivity (Wildman–Crippen MR) is 52.8 cm³/mol. The second-order valence-electron chi connectivity index (χ2n) is 3.80. The van der Waals surface area contributed by atoms with Gasteiger partial charge < -0.3 is 9.90 Å². The summed E-state index contributed by atoms with van der Waals surface area (Å²) in [5.41, 5.74) is -0.830. The average Bonchev–Trinajstić information content (AvgIpc) is 2.45. The number of alkyl halides is 1. The minimum Gasteiger partial charge on any atom is -0.385 e. The van der Waals surface area contributed by atoms with Crippen LogP contribution < -0.4 is 0 Å². The van der Waals surface area contributed by atoms with Crippen LogP contribution in [0.15, 0.2) is 12.2 Å². The summed E-state index contributed by atoms with van der Waals surface area (Å²) in [6.45, 7) is 1.59. The highest BCUT2D eigenvalue weighted by molar-refractivity contribution is 6.18. The Morgan fingerprint density at radius 1 is 1.77 bits per heavy atom. The van der Waals surface area contributed by atoms with Crippen LogP contribution in [0.2, 0.25) is 0 Å². The number of aliphatic hydroxyl groups is 1. The van der Waals surface area contributed by atoms with Gasteiger partial charge in [0.25, 0.3) is 0 Å². The van der Waals surface area contributed by atoms with Gasteiger partial charge in [-0.1, -0.05) is 12.2 Å². The fourth-order valence-corrected chi connectivity index (χ4v) is 1.79. The fourth-order valence-electron chi connectivity index (χ4n) is 1.59. The molecule has 0 spiro atoms. The third-order valence-electron chi connectivity index (χ3n) is 2.39. The van der Waals surface area contributed by atoms with Gasteiger partial charge in [0.05, 0.1) is 11.5 Å². The molecule has 0 fully saturated rings. The highest BCUT2D eigenvalue weighted by Crippen LogP contribution is 2.31. The molecule has 0 aromatic rings. The maximum Gasteiger partial charge on any atom is 0.129 e. The van der Waals surface area contributed by atoms with Gasteiger partial charge in [0.2, 0.25) is 0 Å². The van der Waals surface area contributed by atoms with Crippen LogP contribution in [0.4, 0.5) is 0 Å². The van der Waals surface area contributed by atoms with Gasteiger partial charge in [0, 0.05) is 6.42 Å². The lowest BCUT2D eigenvalue weighted by molar-refractivity contribution is -0.117. The van der Waals surface area contributed by atoms with E-state index in [-0.39, 0.29) is 11.7 Å². The zero-order valence-corrected chi connectivity index (χ0v) is 8.55. The third-order valence-corrected chi connectivity index (χ3v) is 2.86. The Morgan fingerprint density at radius 2 is 2.46 bits per heavy atom. The van der Waals surface area contributed by atoms with Crippen molar-refractivity contribution in [1.82, 2.24) is 0 Å². The lowest BCUT2D eigenvalue weighted by atomic mass is 9.96. The number of rotatable bonds is 4. The van der Waals surface area contributed by atoms with E-state index in [0.29, 0.717) is 18.8 Å². The first-order valence-corrected chi connectivity index (χ1v) is 5.06. The van der Waals surface area contributed by atoms with Gasteiger partial charge in [-0.15, -0.1) is 11.6 Å². The number of halogens is 1. The molecule has 74 valence electrons. The van der Waals surface area contributed by atoms with Crippen LogP contribution in [0.5, 0.6) is 0 Å². The van der Waals surface area contributed by atoms with E-state index in [1.54, 1.807) is 13.0 Å². The number of hydrogen-bond donors (Lipinski definition) is 1. The summed E-state index contributed by atoms with van der Waals surface area (Å²) in [5, 5.41) is 9.73. The molecule has 0 saturated heterocycles. The summed E-state index contributed by atoms with van der Waals surface area (Å²) in [7, 11) is 0. The molecule has 2 nitrogen and oxygen atoms in total. The van der Waals surface area contributed by atoms with E-state index in [9.17, 15) is 9.90 Å². The molecule has 1 aliphatic rings. The van der Waals surface area contributed by atoms with Gasteiger partial charge in [-0.3, -0.25) is 0 Å². The number of Topliss-reactive ketones (excluding diaryl/α,β-unsaturated/α-hetero) is 1. The van der Waals surface area contributed by atoms with E-state index in [2.05, 4.69) is 0 Å². The van der Waals surface area contributed by atoms with Crippen molar-refractivity contribution < 1.29 is 9.90 Å². The first-order valence-electron chi connectivity index (χ1n) is 4.53. The molecule has 0 bridgehead atoms. The topological polar surface area (TPSA) is 37.3 Å². The van der Waals surface area contributed by atoms with E-state index >= 15 is 0 Å². The fraction of sp³-hybridized carbons (Fsp3) is 0.700. The van der Waals surface area contributed by atoms with E-state index < -0.39 is 5.60 Å². The van der Waals surface area contributed by atoms with Crippen LogP contribution >= 0.6 is 11.6 Å². The molecule has 0 aliphatic heterocycles. The zero-order valence-electron chi connectivity index (χ0n) is 7.79. The van der Waals surface area contributed by atoms with Gasteiger partial charge >= 0.3 is 0 Å². The number of allylic oxidation sites excluding steroid dienone is 1. The van der Waals surface area contributed by atoms with Crippen molar-refractivity contribution in [3.05, 3.63) is 12.2 Å². The summed E-state index contributed by atoms with van der Waals surface area (Å²) in [6, 6.07) is 0. The van der Waals surface area contributed by atoms with Crippen LogP contribution in [0, 0.1) is 5.92 Å². The molecule has 3 heteroatoms. The number of carbonyl (C=O) groups is 1. The van der Waals surface area contributed by atoms with Gasteiger partial charge in [0.15, 0.2) is 0 Å². The smallest absolute Gasteiger partial charge is 0.129 e. The van der Waals surface area contributed by atoms with Gasteiger partial charge in [0.1, 0.15) is 5.78 Å². The Balaban J connectivity index is 2.34. The molecule has 1 rings (SSSR count). The van der Waals surface area contributed by atoms with Crippen LogP contribution in [0.3, 0.4) is 0 Å². The van der Waals surface area contributed by atoms with Crippen LogP contribution in [-0.2, 0) is 4.79 Å². The van der Waals surface area contributed by atoms with E-state index in [4.69, 9.17) is 11.6 Å². The molecular weight excluding hydrogens is 188 g/mol. The molecule has 1 aliphatic carbocycles. The summed E-state index contributed by atoms with van der Waals surface area (Å²) >= 11 is 5.61. The molecule has 0 aromatic carbocycles. The van der Waals surface area contributed by atoms with Crippen molar-refractivity contribution in [3.8, 4) is 0 Å². The Morgan fingerprint density at radius 3 is 2.92 bits per heavy atom. The second kappa shape index (κ2) is 4.25. The first-order chi connectivity index (χ1) is 6.06. The zero-order chi connectivity index (χ0) is 9.90. The van der Waals surface area contributed by atoms with Gasteiger partial charge in [-0.25, -0.2) is 0 Å². The van der Waals surface area contributed by atoms with Crippen LogP contribution in [0.1, 0.15) is 26.2 Å². The summed E-state index contributed by atoms with van der Waals surface area (Å²) < 4.78 is 0. The number of ketones is 1. The molecule has 0 aromatic heterocycles. The maximum absolute atomic E-state index is 10.7. The van der Waals surface area contributed by atoms with Crippen molar-refractivity contribution in [3.63, 3.8) is 0 Å². The van der Waals surface area contributed by atoms with Crippen LogP contribution in [0.25, 0.3) is 0 Å². The molecule has 2 unspecified atom stereocenters. The predicted octanol–water partition coefficient (Wildman–Crippen LogP) is 1.90. The minimum atomic E-state index is -0.830. The van der Waals surface area contributed by atoms with Crippen molar-refractivity contribution >= 4 is 17.4 Å². The molecule has 13 heavy (non-hydrogen) atoms. The molecule has 0 amide bonds. The van der Waals surface area contributed by atoms with Crippen molar-refractivity contribution in [2.75, 3.05) is 5.88 Å². The Bertz CT molecular complexity index is 225. The Labute approximate surface area is 83.6 Å². The summed E-state index contributed by atoms with van der Waals surface area (Å²) in [6.07, 6.45) is 5.79. The third kappa shape index (κ3) is 3.12. The lowest BCUT2D eigenvalue weighted by Gasteiger charge is -2.18. The minimum absolute atomic E-state index is 0.203. The normalized spacial score (nSPS) is 32.4. The lowest BCUT2D eigenvalue weighted by Crippen LogP contribution is -2.26. The standard InChI is InChI=1S/C10H15ClO2/c1-8(12)2-3-9-4-5-10(13,6-9)7-11/h4-5,9,13H,2-3,6-7H2,1H3. The number of hydrogen-bond acceptors (Lipinski definition) is 2. The highest BCUT2D eigenvalue weighted by atomic mass is 35.5. The first kappa shape index (κ1) is 10.7. The van der Waals surface area contributed by atoms with Crippen molar-refractivity contribution in [2.45, 2.75) is 31.8 Å². The highest BCUT2D eigenvalue weighted by Gasteiger charge is 2.30. The number of carbonyl (C=O) groups excluding carboxylic acids is 1. The van der Waals surface area contributed by atoms with Gasteiger partial charge in [-0.2, -0.15) is 0 Å². The largest absolute Gasteiger partial charge is 0.385 e. The second-order valence-corrected chi connectivity index (χ2v) is 4.07. The quantitative estimate of drug-likeness (QED) is 0.559. The van der Waals surface area contributed by atoms with Crippen LogP contribution in [-0.4, -0.2) is 22.4 Å². The molecule has 1 N–H and O–H groups in total. The van der Waals surface area contributed by atoms with E-state index in [1.807, 2.05) is 6.08 Å². The molecule has 0 saturated carbocycles. The maximum atomic E-state index is 10.7. The Hall–Kier alpha value is -0.340. The van der Waals surface area contributed by atoms with Crippen molar-refractivity contribution in [1.29, 1.82) is 0 Å². The molecule has 0 radical (unpaired) electrons. The average molecular weight is 203 g/mol. The monoisotopic (exact) mass is 202 g/mol. The van der Waals surface area contributed by atoms with E-state index in [1.165, 1.54) is 0 Å². The molecular formula is C10H15ClO2. The Kier molecular flexibility index (Phi) is 3.51. The SMILES string of the molecule is CC(=O)CCC1C=CC(O)(CCl)C1. The summed E-state index contributed by atoms with van der Waals surface area (Å²) in [5.74, 6) is 0.752. The van der Waals surface area contributed by atoms with Gasteiger partial charge in [-0.05, 0) is 25.7 Å². The summed E-state index contributed by atoms with van der Waals surface area (Å²) in [4.78, 5) is 10.7. The molecule has 0 heterocycles. The van der Waals surface area contributed by atoms with Crippen molar-refractivity contribution in [2.24, 2.45) is 5.92 Å². The van der Waals surface area contributed by atoms with E-state index in [0.717, 1.165) is 6.42 Å².